The molecule has 4 atom stereocenters. The first-order chi connectivity index (χ1) is 22.4. The number of unbranched alkanes of at least 4 members (excludes halogenated alkanes) is 2. The van der Waals surface area contributed by atoms with Crippen molar-refractivity contribution in [3.05, 3.63) is 85.0 Å². The first-order valence-electron chi connectivity index (χ1n) is 15.1. The summed E-state index contributed by atoms with van der Waals surface area (Å²) in [7, 11) is 0. The van der Waals surface area contributed by atoms with Gasteiger partial charge in [-0.2, -0.15) is 0 Å². The zero-order chi connectivity index (χ0) is 32.7. The molecule has 2 saturated heterocycles. The van der Waals surface area contributed by atoms with Crippen molar-refractivity contribution in [2.45, 2.75) is 50.1 Å². The minimum Gasteiger partial charge on any atom is -0.494 e. The molecule has 0 N–H and O–H groups in total. The molecule has 0 radical (unpaired) electrons. The van der Waals surface area contributed by atoms with Gasteiger partial charge in [0.05, 0.1) is 50.8 Å². The van der Waals surface area contributed by atoms with E-state index in [1.807, 2.05) is 0 Å². The Morgan fingerprint density at radius 2 is 0.978 bits per heavy atom. The number of ether oxygens (including phenoxy) is 8. The normalized spacial score (nSPS) is 19.7. The van der Waals surface area contributed by atoms with Crippen molar-refractivity contribution >= 4 is 23.9 Å². The van der Waals surface area contributed by atoms with E-state index in [0.717, 1.165) is 12.2 Å². The standard InChI is InChI=1S/C34H38O12/c1-3-29(35)41-19-7-5-17-39-25-13-9-23(10-14-25)33(37)45-27-21-43-32-28(22-44-31(27)32)46-34(38)24-11-15-26(16-12-24)40-18-6-8-20-42-30(36)4-2/h3-4,9-16,27-28,31-32H,1-2,5-8,17-22H2/t27-,28-,31-,32-/m0/s1. The summed E-state index contributed by atoms with van der Waals surface area (Å²) >= 11 is 0. The van der Waals surface area contributed by atoms with Crippen LogP contribution in [-0.4, -0.2) is 87.9 Å². The molecule has 12 nitrogen and oxygen atoms in total. The molecule has 0 saturated carbocycles. The molecule has 0 amide bonds. The van der Waals surface area contributed by atoms with Crippen molar-refractivity contribution in [1.29, 1.82) is 0 Å². The lowest BCUT2D eigenvalue weighted by Gasteiger charge is -2.17. The molecular formula is C34H38O12. The fourth-order valence-corrected chi connectivity index (χ4v) is 4.67. The molecule has 2 aliphatic rings. The first-order valence-corrected chi connectivity index (χ1v) is 15.1. The van der Waals surface area contributed by atoms with Crippen LogP contribution in [0.4, 0.5) is 0 Å². The monoisotopic (exact) mass is 638 g/mol. The number of hydrogen-bond donors (Lipinski definition) is 0. The third kappa shape index (κ3) is 10.2. The highest BCUT2D eigenvalue weighted by Gasteiger charge is 2.51. The summed E-state index contributed by atoms with van der Waals surface area (Å²) in [6.45, 7) is 8.36. The fraction of sp³-hybridized carbons (Fsp3) is 0.412. The van der Waals surface area contributed by atoms with Gasteiger partial charge in [-0.05, 0) is 74.2 Å². The molecule has 12 heteroatoms. The molecule has 0 aromatic heterocycles. The predicted molar refractivity (Wildman–Crippen MR) is 163 cm³/mol. The molecule has 2 aromatic carbocycles. The van der Waals surface area contributed by atoms with Crippen LogP contribution >= 0.6 is 0 Å². The number of benzene rings is 2. The Morgan fingerprint density at radius 3 is 1.35 bits per heavy atom. The summed E-state index contributed by atoms with van der Waals surface area (Å²) in [6.07, 6.45) is 2.50. The summed E-state index contributed by atoms with van der Waals surface area (Å²) < 4.78 is 44.1. The van der Waals surface area contributed by atoms with E-state index in [-0.39, 0.29) is 13.2 Å². The van der Waals surface area contributed by atoms with Gasteiger partial charge in [-0.25, -0.2) is 19.2 Å². The zero-order valence-corrected chi connectivity index (χ0v) is 25.5. The lowest BCUT2D eigenvalue weighted by atomic mass is 10.1. The van der Waals surface area contributed by atoms with Gasteiger partial charge in [-0.3, -0.25) is 0 Å². The summed E-state index contributed by atoms with van der Waals surface area (Å²) in [5, 5.41) is 0. The van der Waals surface area contributed by atoms with E-state index in [0.29, 0.717) is 74.7 Å². The van der Waals surface area contributed by atoms with Gasteiger partial charge in [0.15, 0.2) is 12.2 Å². The second-order valence-corrected chi connectivity index (χ2v) is 10.4. The SMILES string of the molecule is C=CC(=O)OCCCCOc1ccc(C(=O)O[C@H]2CO[C@@H]3[C@H]2OC[C@@H]3OC(=O)c2ccc(OCCCCOC(=O)C=C)cc2)cc1. The Morgan fingerprint density at radius 1 is 0.609 bits per heavy atom. The van der Waals surface area contributed by atoms with E-state index in [4.69, 9.17) is 37.9 Å². The maximum Gasteiger partial charge on any atom is 0.338 e. The Kier molecular flexibility index (Phi) is 13.2. The predicted octanol–water partition coefficient (Wildman–Crippen LogP) is 4.01. The van der Waals surface area contributed by atoms with Crippen LogP contribution in [0.15, 0.2) is 73.8 Å². The maximum atomic E-state index is 12.8. The highest BCUT2D eigenvalue weighted by atomic mass is 16.7. The zero-order valence-electron chi connectivity index (χ0n) is 25.5. The van der Waals surface area contributed by atoms with Gasteiger partial charge in [-0.1, -0.05) is 13.2 Å². The maximum absolute atomic E-state index is 12.8. The van der Waals surface area contributed by atoms with E-state index < -0.39 is 48.3 Å². The van der Waals surface area contributed by atoms with E-state index in [9.17, 15) is 19.2 Å². The molecule has 4 rings (SSSR count). The molecule has 46 heavy (non-hydrogen) atoms. The van der Waals surface area contributed by atoms with Crippen molar-refractivity contribution in [1.82, 2.24) is 0 Å². The Bertz CT molecular complexity index is 1230. The molecule has 2 heterocycles. The summed E-state index contributed by atoms with van der Waals surface area (Å²) in [6, 6.07) is 13.1. The summed E-state index contributed by atoms with van der Waals surface area (Å²) in [4.78, 5) is 47.6. The topological polar surface area (TPSA) is 142 Å². The van der Waals surface area contributed by atoms with Crippen LogP contribution in [0.3, 0.4) is 0 Å². The van der Waals surface area contributed by atoms with Crippen LogP contribution < -0.4 is 9.47 Å². The van der Waals surface area contributed by atoms with Gasteiger partial charge in [0.2, 0.25) is 0 Å². The van der Waals surface area contributed by atoms with Gasteiger partial charge in [0.1, 0.15) is 23.7 Å². The number of hydrogen-bond acceptors (Lipinski definition) is 12. The molecule has 0 bridgehead atoms. The molecule has 0 spiro atoms. The Labute approximate surface area is 267 Å². The largest absolute Gasteiger partial charge is 0.494 e. The molecule has 0 unspecified atom stereocenters. The second-order valence-electron chi connectivity index (χ2n) is 10.4. The third-order valence-corrected chi connectivity index (χ3v) is 7.10. The van der Waals surface area contributed by atoms with Gasteiger partial charge < -0.3 is 37.9 Å². The first kappa shape index (κ1) is 34.2. The summed E-state index contributed by atoms with van der Waals surface area (Å²) in [5.74, 6) is -0.787. The highest BCUT2D eigenvalue weighted by molar-refractivity contribution is 5.90. The average molecular weight is 639 g/mol. The van der Waals surface area contributed by atoms with Crippen molar-refractivity contribution in [2.75, 3.05) is 39.6 Å². The van der Waals surface area contributed by atoms with Gasteiger partial charge >= 0.3 is 23.9 Å². The van der Waals surface area contributed by atoms with E-state index in [2.05, 4.69) is 13.2 Å². The smallest absolute Gasteiger partial charge is 0.338 e. The van der Waals surface area contributed by atoms with Crippen LogP contribution in [0.5, 0.6) is 11.5 Å². The second kappa shape index (κ2) is 17.7. The number of carbonyl (C=O) groups excluding carboxylic acids is 4. The third-order valence-electron chi connectivity index (χ3n) is 7.10. The lowest BCUT2D eigenvalue weighted by molar-refractivity contribution is -0.138. The fourth-order valence-electron chi connectivity index (χ4n) is 4.67. The van der Waals surface area contributed by atoms with Gasteiger partial charge in [-0.15, -0.1) is 0 Å². The van der Waals surface area contributed by atoms with E-state index in [1.165, 1.54) is 0 Å². The van der Waals surface area contributed by atoms with Crippen LogP contribution in [0.25, 0.3) is 0 Å². The molecule has 2 fully saturated rings. The molecule has 2 aliphatic heterocycles. The van der Waals surface area contributed by atoms with Gasteiger partial charge in [0.25, 0.3) is 0 Å². The van der Waals surface area contributed by atoms with Crippen molar-refractivity contribution in [3.63, 3.8) is 0 Å². The Balaban J connectivity index is 1.15. The van der Waals surface area contributed by atoms with E-state index >= 15 is 0 Å². The lowest BCUT2D eigenvalue weighted by Crippen LogP contribution is -2.36. The minimum absolute atomic E-state index is 0.112. The van der Waals surface area contributed by atoms with Crippen molar-refractivity contribution in [3.8, 4) is 11.5 Å². The number of carbonyl (C=O) groups is 4. The number of rotatable bonds is 18. The van der Waals surface area contributed by atoms with Crippen molar-refractivity contribution < 1.29 is 57.1 Å². The summed E-state index contributed by atoms with van der Waals surface area (Å²) in [5.41, 5.74) is 0.684. The van der Waals surface area contributed by atoms with Crippen LogP contribution in [0.2, 0.25) is 0 Å². The molecule has 2 aromatic rings. The molecular weight excluding hydrogens is 600 g/mol. The van der Waals surface area contributed by atoms with Crippen LogP contribution in [-0.2, 0) is 38.0 Å². The van der Waals surface area contributed by atoms with Gasteiger partial charge in [0, 0.05) is 12.2 Å². The van der Waals surface area contributed by atoms with Crippen LogP contribution in [0.1, 0.15) is 46.4 Å². The van der Waals surface area contributed by atoms with Crippen molar-refractivity contribution in [2.24, 2.45) is 0 Å². The highest BCUT2D eigenvalue weighted by Crippen LogP contribution is 2.31. The minimum atomic E-state index is -0.655. The number of fused-ring (bicyclic) bond motifs is 1. The average Bonchev–Trinajstić information content (AvgIpc) is 3.67. The number of esters is 4. The Hall–Kier alpha value is -4.68. The molecule has 246 valence electrons. The quantitative estimate of drug-likeness (QED) is 0.101. The van der Waals surface area contributed by atoms with E-state index in [1.54, 1.807) is 48.5 Å². The molecule has 0 aliphatic carbocycles. The van der Waals surface area contributed by atoms with Crippen LogP contribution in [0, 0.1) is 0 Å².